The van der Waals surface area contributed by atoms with Crippen LogP contribution in [0.2, 0.25) is 5.02 Å². The predicted octanol–water partition coefficient (Wildman–Crippen LogP) is 4.44. The molecule has 1 fully saturated rings. The predicted molar refractivity (Wildman–Crippen MR) is 79.2 cm³/mol. The minimum Gasteiger partial charge on any atom is -0.311 e. The first-order chi connectivity index (χ1) is 8.67. The van der Waals surface area contributed by atoms with Crippen molar-refractivity contribution in [2.75, 3.05) is 0 Å². The van der Waals surface area contributed by atoms with Gasteiger partial charge in [0.15, 0.2) is 0 Å². The standard InChI is InChI=1S/C16H24ClN/c1-3-13-7-8-16(11-13)18-12(2)9-14-5-4-6-15(17)10-14/h4-6,10,12-13,16,18H,3,7-9,11H2,1-2H3. The van der Waals surface area contributed by atoms with Gasteiger partial charge < -0.3 is 5.32 Å². The molecule has 0 heterocycles. The highest BCUT2D eigenvalue weighted by atomic mass is 35.5. The van der Waals surface area contributed by atoms with Crippen LogP contribution in [-0.2, 0) is 6.42 Å². The fourth-order valence-corrected chi connectivity index (χ4v) is 3.29. The maximum Gasteiger partial charge on any atom is 0.0408 e. The smallest absolute Gasteiger partial charge is 0.0408 e. The van der Waals surface area contributed by atoms with Crippen molar-refractivity contribution in [1.82, 2.24) is 5.32 Å². The summed E-state index contributed by atoms with van der Waals surface area (Å²) in [5, 5.41) is 4.61. The number of benzene rings is 1. The van der Waals surface area contributed by atoms with Gasteiger partial charge in [-0.3, -0.25) is 0 Å². The van der Waals surface area contributed by atoms with Gasteiger partial charge in [-0.1, -0.05) is 37.1 Å². The van der Waals surface area contributed by atoms with Crippen molar-refractivity contribution in [2.24, 2.45) is 5.92 Å². The minimum atomic E-state index is 0.532. The summed E-state index contributed by atoms with van der Waals surface area (Å²) in [7, 11) is 0. The summed E-state index contributed by atoms with van der Waals surface area (Å²) < 4.78 is 0. The number of hydrogen-bond donors (Lipinski definition) is 1. The van der Waals surface area contributed by atoms with E-state index in [-0.39, 0.29) is 0 Å². The van der Waals surface area contributed by atoms with Crippen molar-refractivity contribution in [3.8, 4) is 0 Å². The molecule has 0 aliphatic heterocycles. The monoisotopic (exact) mass is 265 g/mol. The molecule has 1 aliphatic carbocycles. The topological polar surface area (TPSA) is 12.0 Å². The van der Waals surface area contributed by atoms with E-state index in [0.29, 0.717) is 6.04 Å². The van der Waals surface area contributed by atoms with Crippen LogP contribution in [0.1, 0.15) is 45.1 Å². The summed E-state index contributed by atoms with van der Waals surface area (Å²) in [5.41, 5.74) is 1.33. The molecular formula is C16H24ClN. The van der Waals surface area contributed by atoms with Crippen LogP contribution in [0.4, 0.5) is 0 Å². The van der Waals surface area contributed by atoms with E-state index in [1.807, 2.05) is 12.1 Å². The zero-order valence-electron chi connectivity index (χ0n) is 11.5. The van der Waals surface area contributed by atoms with Crippen LogP contribution in [0.25, 0.3) is 0 Å². The van der Waals surface area contributed by atoms with Gasteiger partial charge in [-0.15, -0.1) is 0 Å². The van der Waals surface area contributed by atoms with Gasteiger partial charge in [0.2, 0.25) is 0 Å². The lowest BCUT2D eigenvalue weighted by Crippen LogP contribution is -2.36. The molecule has 1 aromatic carbocycles. The molecule has 3 atom stereocenters. The summed E-state index contributed by atoms with van der Waals surface area (Å²) in [5.74, 6) is 0.945. The Morgan fingerprint density at radius 1 is 1.39 bits per heavy atom. The molecule has 0 radical (unpaired) electrons. The third-order valence-corrected chi connectivity index (χ3v) is 4.30. The highest BCUT2D eigenvalue weighted by Crippen LogP contribution is 2.28. The Morgan fingerprint density at radius 3 is 2.89 bits per heavy atom. The van der Waals surface area contributed by atoms with Crippen LogP contribution < -0.4 is 5.32 Å². The molecule has 1 aliphatic rings. The van der Waals surface area contributed by atoms with Crippen LogP contribution >= 0.6 is 11.6 Å². The second kappa shape index (κ2) is 6.58. The van der Waals surface area contributed by atoms with Gasteiger partial charge in [0, 0.05) is 17.1 Å². The molecule has 0 bridgehead atoms. The summed E-state index contributed by atoms with van der Waals surface area (Å²) in [4.78, 5) is 0. The highest BCUT2D eigenvalue weighted by Gasteiger charge is 2.24. The van der Waals surface area contributed by atoms with E-state index in [1.165, 1.54) is 31.2 Å². The number of nitrogens with one attached hydrogen (secondary N) is 1. The van der Waals surface area contributed by atoms with E-state index in [9.17, 15) is 0 Å². The first-order valence-corrected chi connectivity index (χ1v) is 7.55. The van der Waals surface area contributed by atoms with Gasteiger partial charge in [-0.2, -0.15) is 0 Å². The first kappa shape index (κ1) is 13.9. The number of hydrogen-bond acceptors (Lipinski definition) is 1. The van der Waals surface area contributed by atoms with Crippen molar-refractivity contribution in [1.29, 1.82) is 0 Å². The van der Waals surface area contributed by atoms with Crippen LogP contribution in [0.5, 0.6) is 0 Å². The molecule has 2 heteroatoms. The Balaban J connectivity index is 1.80. The second-order valence-corrected chi connectivity index (χ2v) is 6.12. The van der Waals surface area contributed by atoms with Crippen molar-refractivity contribution in [3.63, 3.8) is 0 Å². The van der Waals surface area contributed by atoms with E-state index in [2.05, 4.69) is 31.3 Å². The van der Waals surface area contributed by atoms with Crippen LogP contribution in [0.3, 0.4) is 0 Å². The van der Waals surface area contributed by atoms with Crippen molar-refractivity contribution < 1.29 is 0 Å². The highest BCUT2D eigenvalue weighted by molar-refractivity contribution is 6.30. The maximum absolute atomic E-state index is 6.02. The first-order valence-electron chi connectivity index (χ1n) is 7.18. The SMILES string of the molecule is CCC1CCC(NC(C)Cc2cccc(Cl)c2)C1. The van der Waals surface area contributed by atoms with Gasteiger partial charge in [-0.25, -0.2) is 0 Å². The zero-order chi connectivity index (χ0) is 13.0. The van der Waals surface area contributed by atoms with Crippen molar-refractivity contribution in [3.05, 3.63) is 34.9 Å². The summed E-state index contributed by atoms with van der Waals surface area (Å²) >= 11 is 6.02. The van der Waals surface area contributed by atoms with Crippen molar-refractivity contribution >= 4 is 11.6 Å². The molecular weight excluding hydrogens is 242 g/mol. The van der Waals surface area contributed by atoms with Gasteiger partial charge in [0.25, 0.3) is 0 Å². The van der Waals surface area contributed by atoms with Gasteiger partial charge >= 0.3 is 0 Å². The summed E-state index contributed by atoms with van der Waals surface area (Å²) in [6.45, 7) is 4.59. The third kappa shape index (κ3) is 4.00. The normalized spacial score (nSPS) is 25.3. The van der Waals surface area contributed by atoms with Crippen LogP contribution in [0, 0.1) is 5.92 Å². The lowest BCUT2D eigenvalue weighted by atomic mass is 10.0. The minimum absolute atomic E-state index is 0.532. The Morgan fingerprint density at radius 2 is 2.22 bits per heavy atom. The lowest BCUT2D eigenvalue weighted by molar-refractivity contribution is 0.428. The third-order valence-electron chi connectivity index (χ3n) is 4.07. The summed E-state index contributed by atoms with van der Waals surface area (Å²) in [6.07, 6.45) is 6.50. The van der Waals surface area contributed by atoms with Crippen molar-refractivity contribution in [2.45, 2.75) is 58.0 Å². The molecule has 3 unspecified atom stereocenters. The quantitative estimate of drug-likeness (QED) is 0.830. The molecule has 1 saturated carbocycles. The molecule has 100 valence electrons. The Hall–Kier alpha value is -0.530. The zero-order valence-corrected chi connectivity index (χ0v) is 12.2. The fourth-order valence-electron chi connectivity index (χ4n) is 3.08. The lowest BCUT2D eigenvalue weighted by Gasteiger charge is -2.20. The molecule has 2 rings (SSSR count). The molecule has 0 aromatic heterocycles. The number of halogens is 1. The molecule has 1 nitrogen and oxygen atoms in total. The molecule has 0 spiro atoms. The van der Waals surface area contributed by atoms with E-state index in [1.54, 1.807) is 0 Å². The second-order valence-electron chi connectivity index (χ2n) is 5.69. The van der Waals surface area contributed by atoms with Gasteiger partial charge in [0.05, 0.1) is 0 Å². The van der Waals surface area contributed by atoms with Crippen LogP contribution in [0.15, 0.2) is 24.3 Å². The average molecular weight is 266 g/mol. The average Bonchev–Trinajstić information content (AvgIpc) is 2.76. The molecule has 0 amide bonds. The molecule has 18 heavy (non-hydrogen) atoms. The number of rotatable bonds is 5. The molecule has 1 aromatic rings. The Kier molecular flexibility index (Phi) is 5.08. The Bertz CT molecular complexity index is 377. The fraction of sp³-hybridized carbons (Fsp3) is 0.625. The maximum atomic E-state index is 6.02. The molecule has 0 saturated heterocycles. The largest absolute Gasteiger partial charge is 0.311 e. The van der Waals surface area contributed by atoms with Gasteiger partial charge in [-0.05, 0) is 56.2 Å². The van der Waals surface area contributed by atoms with E-state index >= 15 is 0 Å². The van der Waals surface area contributed by atoms with Crippen LogP contribution in [-0.4, -0.2) is 12.1 Å². The van der Waals surface area contributed by atoms with E-state index in [4.69, 9.17) is 11.6 Å². The Labute approximate surface area is 116 Å². The van der Waals surface area contributed by atoms with E-state index in [0.717, 1.165) is 23.4 Å². The van der Waals surface area contributed by atoms with E-state index < -0.39 is 0 Å². The molecule has 1 N–H and O–H groups in total. The summed E-state index contributed by atoms with van der Waals surface area (Å²) in [6, 6.07) is 9.46. The van der Waals surface area contributed by atoms with Gasteiger partial charge in [0.1, 0.15) is 0 Å².